The van der Waals surface area contributed by atoms with Crippen molar-refractivity contribution in [3.63, 3.8) is 0 Å². The van der Waals surface area contributed by atoms with Crippen molar-refractivity contribution in [1.29, 1.82) is 0 Å². The van der Waals surface area contributed by atoms with Crippen LogP contribution in [0.3, 0.4) is 0 Å². The second-order valence-corrected chi connectivity index (χ2v) is 7.97. The van der Waals surface area contributed by atoms with E-state index in [1.54, 1.807) is 31.2 Å². The van der Waals surface area contributed by atoms with Gasteiger partial charge in [0, 0.05) is 25.9 Å². The fourth-order valence-corrected chi connectivity index (χ4v) is 3.29. The van der Waals surface area contributed by atoms with Crippen LogP contribution in [0.4, 0.5) is 11.4 Å². The molecule has 0 radical (unpaired) electrons. The third-order valence-corrected chi connectivity index (χ3v) is 5.04. The molecule has 0 bridgehead atoms. The zero-order valence-electron chi connectivity index (χ0n) is 15.6. The maximum absolute atomic E-state index is 11.7. The highest BCUT2D eigenvalue weighted by Gasteiger charge is 2.21. The molecule has 0 saturated carbocycles. The van der Waals surface area contributed by atoms with Crippen LogP contribution in [0.25, 0.3) is 0 Å². The molecule has 8 nitrogen and oxygen atoms in total. The topological polar surface area (TPSA) is 99.0 Å². The Labute approximate surface area is 158 Å². The number of nitro groups is 1. The van der Waals surface area contributed by atoms with Crippen molar-refractivity contribution in [2.75, 3.05) is 31.9 Å². The van der Waals surface area contributed by atoms with Crippen LogP contribution >= 0.6 is 0 Å². The Kier molecular flexibility index (Phi) is 6.27. The molecular formula is C18H22N2O6S. The van der Waals surface area contributed by atoms with Crippen molar-refractivity contribution in [1.82, 2.24) is 0 Å². The van der Waals surface area contributed by atoms with E-state index in [1.165, 1.54) is 12.1 Å². The summed E-state index contributed by atoms with van der Waals surface area (Å²) in [5.74, 6) is 1.19. The van der Waals surface area contributed by atoms with Crippen molar-refractivity contribution in [2.45, 2.75) is 18.4 Å². The molecule has 2 rings (SSSR count). The first kappa shape index (κ1) is 20.5. The van der Waals surface area contributed by atoms with Crippen LogP contribution in [0.1, 0.15) is 12.5 Å². The number of nitro benzene ring substituents is 1. The first-order valence-electron chi connectivity index (χ1n) is 8.16. The predicted octanol–water partition coefficient (Wildman–Crippen LogP) is 3.04. The van der Waals surface area contributed by atoms with Crippen LogP contribution in [-0.4, -0.2) is 40.4 Å². The van der Waals surface area contributed by atoms with E-state index in [2.05, 4.69) is 0 Å². The van der Waals surface area contributed by atoms with Gasteiger partial charge in [0.1, 0.15) is 5.69 Å². The Hall–Kier alpha value is -2.81. The Morgan fingerprint density at radius 2 is 1.85 bits per heavy atom. The van der Waals surface area contributed by atoms with Gasteiger partial charge < -0.3 is 14.4 Å². The molecule has 0 aromatic heterocycles. The van der Waals surface area contributed by atoms with Gasteiger partial charge in [0.2, 0.25) is 0 Å². The molecule has 0 aliphatic rings. The fraction of sp³-hybridized carbons (Fsp3) is 0.333. The average Bonchev–Trinajstić information content (AvgIpc) is 2.61. The van der Waals surface area contributed by atoms with E-state index >= 15 is 0 Å². The summed E-state index contributed by atoms with van der Waals surface area (Å²) in [6, 6.07) is 9.33. The molecule has 0 unspecified atom stereocenters. The summed E-state index contributed by atoms with van der Waals surface area (Å²) < 4.78 is 34.2. The van der Waals surface area contributed by atoms with Crippen LogP contribution in [0.2, 0.25) is 0 Å². The van der Waals surface area contributed by atoms with E-state index in [4.69, 9.17) is 9.47 Å². The highest BCUT2D eigenvalue weighted by atomic mass is 32.2. The minimum Gasteiger partial charge on any atom is -0.493 e. The molecule has 9 heteroatoms. The van der Waals surface area contributed by atoms with E-state index < -0.39 is 14.8 Å². The minimum atomic E-state index is -3.53. The van der Waals surface area contributed by atoms with Gasteiger partial charge in [-0.05, 0) is 36.8 Å². The maximum atomic E-state index is 11.7. The Morgan fingerprint density at radius 1 is 1.15 bits per heavy atom. The SMILES string of the molecule is CCOc1ccc(CN(C)c2ccc(S(C)(=O)=O)cc2[N+](=O)[O-])cc1OC. The first-order chi connectivity index (χ1) is 12.7. The summed E-state index contributed by atoms with van der Waals surface area (Å²) in [5, 5.41) is 11.4. The van der Waals surface area contributed by atoms with Gasteiger partial charge in [-0.15, -0.1) is 0 Å². The number of sulfone groups is 1. The average molecular weight is 394 g/mol. The molecular weight excluding hydrogens is 372 g/mol. The lowest BCUT2D eigenvalue weighted by Crippen LogP contribution is -2.18. The molecule has 0 N–H and O–H groups in total. The second kappa shape index (κ2) is 8.26. The smallest absolute Gasteiger partial charge is 0.293 e. The Balaban J connectivity index is 2.35. The third-order valence-electron chi connectivity index (χ3n) is 3.93. The maximum Gasteiger partial charge on any atom is 0.293 e. The van der Waals surface area contributed by atoms with Gasteiger partial charge in [0.25, 0.3) is 5.69 Å². The third kappa shape index (κ3) is 4.88. The number of nitrogens with zero attached hydrogens (tertiary/aromatic N) is 2. The molecule has 0 aliphatic carbocycles. The van der Waals surface area contributed by atoms with Gasteiger partial charge in [-0.2, -0.15) is 0 Å². The molecule has 0 amide bonds. The van der Waals surface area contributed by atoms with Crippen molar-refractivity contribution >= 4 is 21.2 Å². The van der Waals surface area contributed by atoms with Crippen molar-refractivity contribution in [3.8, 4) is 11.5 Å². The van der Waals surface area contributed by atoms with Crippen molar-refractivity contribution < 1.29 is 22.8 Å². The number of methoxy groups -OCH3 is 1. The number of benzene rings is 2. The van der Waals surface area contributed by atoms with Crippen LogP contribution in [0.5, 0.6) is 11.5 Å². The molecule has 0 aliphatic heterocycles. The number of hydrogen-bond donors (Lipinski definition) is 0. The van der Waals surface area contributed by atoms with Gasteiger partial charge in [0.05, 0.1) is 23.5 Å². The highest BCUT2D eigenvalue weighted by molar-refractivity contribution is 7.90. The number of hydrogen-bond acceptors (Lipinski definition) is 7. The second-order valence-electron chi connectivity index (χ2n) is 5.95. The van der Waals surface area contributed by atoms with E-state index in [-0.39, 0.29) is 10.6 Å². The van der Waals surface area contributed by atoms with Gasteiger partial charge in [0.15, 0.2) is 21.3 Å². The van der Waals surface area contributed by atoms with Crippen molar-refractivity contribution in [2.24, 2.45) is 0 Å². The monoisotopic (exact) mass is 394 g/mol. The van der Waals surface area contributed by atoms with Gasteiger partial charge >= 0.3 is 0 Å². The standard InChI is InChI=1S/C18H22N2O6S/c1-5-26-17-9-6-13(10-18(17)25-3)12-19(2)15-8-7-14(27(4,23)24)11-16(15)20(21)22/h6-11H,5,12H2,1-4H3. The lowest BCUT2D eigenvalue weighted by Gasteiger charge is -2.20. The number of ether oxygens (including phenoxy) is 2. The lowest BCUT2D eigenvalue weighted by atomic mass is 10.1. The predicted molar refractivity (Wildman–Crippen MR) is 102 cm³/mol. The fourth-order valence-electron chi connectivity index (χ4n) is 2.65. The lowest BCUT2D eigenvalue weighted by molar-refractivity contribution is -0.384. The zero-order valence-corrected chi connectivity index (χ0v) is 16.4. The molecule has 146 valence electrons. The quantitative estimate of drug-likeness (QED) is 0.501. The van der Waals surface area contributed by atoms with E-state index in [0.29, 0.717) is 30.3 Å². The van der Waals surface area contributed by atoms with Gasteiger partial charge in [-0.3, -0.25) is 10.1 Å². The van der Waals surface area contributed by atoms with E-state index in [1.807, 2.05) is 13.0 Å². The van der Waals surface area contributed by atoms with Crippen molar-refractivity contribution in [3.05, 3.63) is 52.1 Å². The first-order valence-corrected chi connectivity index (χ1v) is 10.1. The molecule has 0 heterocycles. The molecule has 2 aromatic rings. The summed E-state index contributed by atoms with van der Waals surface area (Å²) in [4.78, 5) is 12.4. The largest absolute Gasteiger partial charge is 0.493 e. The number of rotatable bonds is 8. The summed E-state index contributed by atoms with van der Waals surface area (Å²) in [6.07, 6.45) is 1.02. The molecule has 2 aromatic carbocycles. The summed E-state index contributed by atoms with van der Waals surface area (Å²) in [5.41, 5.74) is 0.915. The van der Waals surface area contributed by atoms with Crippen LogP contribution < -0.4 is 14.4 Å². The molecule has 27 heavy (non-hydrogen) atoms. The molecule has 0 atom stereocenters. The molecule has 0 saturated heterocycles. The molecule has 0 spiro atoms. The summed E-state index contributed by atoms with van der Waals surface area (Å²) >= 11 is 0. The van der Waals surface area contributed by atoms with E-state index in [9.17, 15) is 18.5 Å². The van der Waals surface area contributed by atoms with E-state index in [0.717, 1.165) is 17.9 Å². The van der Waals surface area contributed by atoms with Gasteiger partial charge in [-0.25, -0.2) is 8.42 Å². The van der Waals surface area contributed by atoms with Crippen LogP contribution in [-0.2, 0) is 16.4 Å². The summed E-state index contributed by atoms with van der Waals surface area (Å²) in [6.45, 7) is 2.75. The molecule has 0 fully saturated rings. The summed E-state index contributed by atoms with van der Waals surface area (Å²) in [7, 11) is -0.291. The van der Waals surface area contributed by atoms with Gasteiger partial charge in [-0.1, -0.05) is 6.07 Å². The highest BCUT2D eigenvalue weighted by Crippen LogP contribution is 2.33. The number of anilines is 1. The zero-order chi connectivity index (χ0) is 20.2. The Bertz CT molecular complexity index is 943. The van der Waals surface area contributed by atoms with Crippen LogP contribution in [0.15, 0.2) is 41.3 Å². The minimum absolute atomic E-state index is 0.0888. The Morgan fingerprint density at radius 3 is 2.41 bits per heavy atom. The normalized spacial score (nSPS) is 11.1. The van der Waals surface area contributed by atoms with Crippen LogP contribution in [0, 0.1) is 10.1 Å².